The fourth-order valence-corrected chi connectivity index (χ4v) is 4.08. The van der Waals surface area contributed by atoms with E-state index in [-0.39, 0.29) is 0 Å². The van der Waals surface area contributed by atoms with Gasteiger partial charge in [0.25, 0.3) is 0 Å². The van der Waals surface area contributed by atoms with Crippen LogP contribution in [0.15, 0.2) is 34.2 Å². The summed E-state index contributed by atoms with van der Waals surface area (Å²) in [5, 5.41) is 0. The van der Waals surface area contributed by atoms with Crippen molar-refractivity contribution in [1.82, 2.24) is 0 Å². The molecular formula is C12H18N2OS2. The molecule has 0 saturated heterocycles. The number of rotatable bonds is 7. The predicted octanol–water partition coefficient (Wildman–Crippen LogP) is 1.79. The van der Waals surface area contributed by atoms with Crippen molar-refractivity contribution in [2.75, 3.05) is 23.8 Å². The van der Waals surface area contributed by atoms with E-state index in [2.05, 4.69) is 17.6 Å². The summed E-state index contributed by atoms with van der Waals surface area (Å²) in [7, 11) is -2.19. The van der Waals surface area contributed by atoms with Crippen LogP contribution in [0.5, 0.6) is 0 Å². The molecule has 0 spiro atoms. The van der Waals surface area contributed by atoms with Crippen molar-refractivity contribution in [3.05, 3.63) is 24.3 Å². The number of benzene rings is 1. The van der Waals surface area contributed by atoms with Gasteiger partial charge in [0.05, 0.1) is 5.69 Å². The Labute approximate surface area is 108 Å². The molecule has 0 aliphatic rings. The Kier molecular flexibility index (Phi) is 5.74. The number of aliphatic imine (C=N–C) groups is 1. The van der Waals surface area contributed by atoms with E-state index in [0.717, 1.165) is 22.1 Å². The maximum Gasteiger partial charge on any atom is 0.0623 e. The van der Waals surface area contributed by atoms with Gasteiger partial charge >= 0.3 is 0 Å². The van der Waals surface area contributed by atoms with Crippen molar-refractivity contribution in [3.8, 4) is 0 Å². The van der Waals surface area contributed by atoms with E-state index >= 15 is 0 Å². The van der Waals surface area contributed by atoms with Gasteiger partial charge in [-0.2, -0.15) is 11.8 Å². The minimum atomic E-state index is -2.19. The predicted molar refractivity (Wildman–Crippen MR) is 80.4 cm³/mol. The van der Waals surface area contributed by atoms with Gasteiger partial charge in [0.2, 0.25) is 0 Å². The molecule has 1 aromatic carbocycles. The minimum absolute atomic E-state index is 0.582. The van der Waals surface area contributed by atoms with Crippen LogP contribution in [0.2, 0.25) is 0 Å². The molecule has 0 saturated carbocycles. The number of nitrogens with zero attached hydrogens (tertiary/aromatic N) is 1. The second kappa shape index (κ2) is 6.83. The highest BCUT2D eigenvalue weighted by molar-refractivity contribution is 8.03. The monoisotopic (exact) mass is 270 g/mol. The Morgan fingerprint density at radius 3 is 2.47 bits per heavy atom. The first-order valence-corrected chi connectivity index (χ1v) is 8.35. The Bertz CT molecular complexity index is 452. The van der Waals surface area contributed by atoms with Crippen LogP contribution in [-0.4, -0.2) is 40.6 Å². The first kappa shape index (κ1) is 14.3. The van der Waals surface area contributed by atoms with Crippen LogP contribution in [-0.2, 0) is 9.52 Å². The number of nitrogens with two attached hydrogens (primary N) is 1. The largest absolute Gasteiger partial charge is 0.330 e. The zero-order chi connectivity index (χ0) is 12.7. The molecule has 1 aromatic rings. The normalized spacial score (nSPS) is 14.2. The Balaban J connectivity index is 2.65. The Morgan fingerprint density at radius 2 is 1.94 bits per heavy atom. The van der Waals surface area contributed by atoms with E-state index < -0.39 is 9.52 Å². The van der Waals surface area contributed by atoms with Crippen LogP contribution in [0.4, 0.5) is 5.69 Å². The molecule has 1 unspecified atom stereocenters. The average Bonchev–Trinajstić information content (AvgIpc) is 2.35. The summed E-state index contributed by atoms with van der Waals surface area (Å²) in [5.41, 5.74) is 6.18. The van der Waals surface area contributed by atoms with E-state index in [4.69, 9.17) is 5.73 Å². The van der Waals surface area contributed by atoms with E-state index in [1.54, 1.807) is 23.9 Å². The van der Waals surface area contributed by atoms with Crippen molar-refractivity contribution in [2.24, 2.45) is 10.7 Å². The fourth-order valence-electron chi connectivity index (χ4n) is 1.30. The zero-order valence-corrected chi connectivity index (χ0v) is 11.4. The molecule has 1 atom stereocenters. The van der Waals surface area contributed by atoms with Gasteiger partial charge < -0.3 is 5.73 Å². The van der Waals surface area contributed by atoms with Crippen LogP contribution >= 0.6 is 11.8 Å². The van der Waals surface area contributed by atoms with Gasteiger partial charge in [-0.15, -0.1) is 0 Å². The highest BCUT2D eigenvalue weighted by atomic mass is 32.2. The van der Waals surface area contributed by atoms with Crippen LogP contribution in [0.1, 0.15) is 0 Å². The highest BCUT2D eigenvalue weighted by Gasteiger charge is 2.07. The molecule has 0 bridgehead atoms. The average molecular weight is 270 g/mol. The summed E-state index contributed by atoms with van der Waals surface area (Å²) >= 11 is 1.71. The topological polar surface area (TPSA) is 55.5 Å². The maximum absolute atomic E-state index is 12.3. The van der Waals surface area contributed by atoms with Gasteiger partial charge in [-0.05, 0) is 46.4 Å². The smallest absolute Gasteiger partial charge is 0.0623 e. The van der Waals surface area contributed by atoms with Crippen LogP contribution in [0.25, 0.3) is 0 Å². The molecular weight excluding hydrogens is 252 g/mol. The summed E-state index contributed by atoms with van der Waals surface area (Å²) in [6.07, 6.45) is 0. The standard InChI is InChI=1S/C12H18N2OS2/c1-14-11-3-5-12(6-4-11)17(2,15)10-9-16-8-7-13/h3-6H,1-2,7-10,13H2. The van der Waals surface area contributed by atoms with Crippen molar-refractivity contribution in [1.29, 1.82) is 0 Å². The molecule has 0 radical (unpaired) electrons. The van der Waals surface area contributed by atoms with Gasteiger partial charge in [0.15, 0.2) is 0 Å². The van der Waals surface area contributed by atoms with Gasteiger partial charge in [0.1, 0.15) is 0 Å². The molecule has 0 heterocycles. The van der Waals surface area contributed by atoms with Gasteiger partial charge in [0, 0.05) is 28.7 Å². The number of hydrogen-bond donors (Lipinski definition) is 1. The summed E-state index contributed by atoms with van der Waals surface area (Å²) < 4.78 is 12.3. The summed E-state index contributed by atoms with van der Waals surface area (Å²) in [6.45, 7) is 4.10. The number of thioether (sulfide) groups is 1. The molecule has 3 nitrogen and oxygen atoms in total. The fraction of sp³-hybridized carbons (Fsp3) is 0.333. The van der Waals surface area contributed by atoms with Crippen molar-refractivity contribution >= 4 is 39.6 Å². The van der Waals surface area contributed by atoms with Crippen LogP contribution in [0.3, 0.4) is 0 Å². The second-order valence-electron chi connectivity index (χ2n) is 3.57. The zero-order valence-electron chi connectivity index (χ0n) is 9.80. The molecule has 5 heteroatoms. The third-order valence-corrected chi connectivity index (χ3v) is 5.54. The molecule has 0 aromatic heterocycles. The molecule has 2 N–H and O–H groups in total. The Morgan fingerprint density at radius 1 is 1.29 bits per heavy atom. The second-order valence-corrected chi connectivity index (χ2v) is 7.30. The highest BCUT2D eigenvalue weighted by Crippen LogP contribution is 2.17. The molecule has 0 aliphatic carbocycles. The number of hydrogen-bond acceptors (Lipinski definition) is 4. The SMILES string of the molecule is C=Nc1ccc(S(=C)(=O)CCSCCN)cc1. The lowest BCUT2D eigenvalue weighted by Crippen LogP contribution is -2.10. The summed E-state index contributed by atoms with van der Waals surface area (Å²) in [4.78, 5) is 4.58. The maximum atomic E-state index is 12.3. The van der Waals surface area contributed by atoms with Crippen molar-refractivity contribution in [2.45, 2.75) is 4.90 Å². The van der Waals surface area contributed by atoms with E-state index in [0.29, 0.717) is 12.3 Å². The molecule has 0 fully saturated rings. The molecule has 17 heavy (non-hydrogen) atoms. The quantitative estimate of drug-likeness (QED) is 0.467. The lowest BCUT2D eigenvalue weighted by Gasteiger charge is -2.09. The molecule has 94 valence electrons. The van der Waals surface area contributed by atoms with Gasteiger partial charge in [-0.1, -0.05) is 0 Å². The third kappa shape index (κ3) is 4.53. The van der Waals surface area contributed by atoms with E-state index in [1.165, 1.54) is 0 Å². The van der Waals surface area contributed by atoms with Crippen LogP contribution < -0.4 is 5.73 Å². The first-order valence-electron chi connectivity index (χ1n) is 5.29. The molecule has 0 amide bonds. The lowest BCUT2D eigenvalue weighted by molar-refractivity contribution is 0.682. The van der Waals surface area contributed by atoms with Crippen molar-refractivity contribution in [3.63, 3.8) is 0 Å². The summed E-state index contributed by atoms with van der Waals surface area (Å²) in [6, 6.07) is 7.24. The van der Waals surface area contributed by atoms with E-state index in [1.807, 2.05) is 12.1 Å². The van der Waals surface area contributed by atoms with Crippen LogP contribution in [0, 0.1) is 0 Å². The minimum Gasteiger partial charge on any atom is -0.330 e. The first-order chi connectivity index (χ1) is 8.10. The molecule has 0 aliphatic heterocycles. The van der Waals surface area contributed by atoms with Crippen molar-refractivity contribution < 1.29 is 4.21 Å². The van der Waals surface area contributed by atoms with Gasteiger partial charge in [-0.3, -0.25) is 9.20 Å². The third-order valence-electron chi connectivity index (χ3n) is 2.27. The lowest BCUT2D eigenvalue weighted by atomic mass is 10.3. The van der Waals surface area contributed by atoms with E-state index in [9.17, 15) is 4.21 Å². The Hall–Kier alpha value is -0.780. The molecule has 1 rings (SSSR count). The summed E-state index contributed by atoms with van der Waals surface area (Å²) in [5.74, 6) is 6.13. The van der Waals surface area contributed by atoms with Gasteiger partial charge in [-0.25, -0.2) is 0 Å².